The normalized spacial score (nSPS) is 15.0. The van der Waals surface area contributed by atoms with Gasteiger partial charge in [-0.1, -0.05) is 11.2 Å². The number of hydrogen-bond acceptors (Lipinski definition) is 1. The molecule has 44 valence electrons. The van der Waals surface area contributed by atoms with Gasteiger partial charge in [-0.15, -0.1) is 11.6 Å². The number of nitrogens with zero attached hydrogens (tertiary/aromatic N) is 1. The van der Waals surface area contributed by atoms with Crippen LogP contribution in [-0.4, -0.2) is 24.4 Å². The molecule has 0 N–H and O–H groups in total. The van der Waals surface area contributed by atoms with Gasteiger partial charge in [0.05, 0.1) is 13.0 Å². The molecule has 0 saturated heterocycles. The minimum absolute atomic E-state index is 0.546. The number of halogens is 2. The maximum Gasteiger partial charge on any atom is 0.0773 e. The second-order valence-corrected chi connectivity index (χ2v) is 4.90. The van der Waals surface area contributed by atoms with Gasteiger partial charge in [-0.3, -0.25) is 4.67 Å². The third-order valence-electron chi connectivity index (χ3n) is 0.533. The lowest BCUT2D eigenvalue weighted by molar-refractivity contribution is 0.689. The SMILES string of the molecule is CN(C)P(Cl)CCl. The summed E-state index contributed by atoms with van der Waals surface area (Å²) in [7, 11) is 3.27. The van der Waals surface area contributed by atoms with Gasteiger partial charge in [0.1, 0.15) is 0 Å². The zero-order chi connectivity index (χ0) is 5.86. The summed E-state index contributed by atoms with van der Waals surface area (Å²) < 4.78 is 1.92. The van der Waals surface area contributed by atoms with E-state index in [1.807, 2.05) is 18.8 Å². The fraction of sp³-hybridized carbons (Fsp3) is 1.00. The van der Waals surface area contributed by atoms with Gasteiger partial charge in [-0.05, 0) is 14.1 Å². The largest absolute Gasteiger partial charge is 0.275 e. The maximum absolute atomic E-state index is 5.66. The summed E-state index contributed by atoms with van der Waals surface area (Å²) in [5.41, 5.74) is 0.546. The molecular weight excluding hydrogens is 152 g/mol. The molecule has 0 amide bonds. The van der Waals surface area contributed by atoms with Crippen molar-refractivity contribution in [1.82, 2.24) is 4.67 Å². The van der Waals surface area contributed by atoms with Gasteiger partial charge in [0.15, 0.2) is 0 Å². The summed E-state index contributed by atoms with van der Waals surface area (Å²) in [6, 6.07) is 0. The van der Waals surface area contributed by atoms with Crippen molar-refractivity contribution in [1.29, 1.82) is 0 Å². The summed E-state index contributed by atoms with van der Waals surface area (Å²) in [5.74, 6) is 0. The first-order valence-electron chi connectivity index (χ1n) is 1.85. The molecule has 0 spiro atoms. The number of rotatable bonds is 2. The van der Waals surface area contributed by atoms with Crippen LogP contribution in [0.15, 0.2) is 0 Å². The van der Waals surface area contributed by atoms with Crippen molar-refractivity contribution >= 4 is 30.3 Å². The molecule has 0 radical (unpaired) electrons. The molecule has 7 heavy (non-hydrogen) atoms. The Kier molecular flexibility index (Phi) is 4.45. The van der Waals surface area contributed by atoms with Crippen LogP contribution in [0.4, 0.5) is 0 Å². The molecule has 0 aliphatic heterocycles. The van der Waals surface area contributed by atoms with E-state index in [1.165, 1.54) is 0 Å². The molecule has 0 saturated carbocycles. The van der Waals surface area contributed by atoms with Crippen molar-refractivity contribution in [2.24, 2.45) is 0 Å². The average molecular weight is 160 g/mol. The highest BCUT2D eigenvalue weighted by Crippen LogP contribution is 2.43. The predicted molar refractivity (Wildman–Crippen MR) is 37.2 cm³/mol. The van der Waals surface area contributed by atoms with Crippen molar-refractivity contribution in [2.45, 2.75) is 0 Å². The lowest BCUT2D eigenvalue weighted by Crippen LogP contribution is -2.00. The zero-order valence-corrected chi connectivity index (χ0v) is 6.76. The second kappa shape index (κ2) is 3.91. The minimum atomic E-state index is -0.566. The molecule has 4 heteroatoms. The monoisotopic (exact) mass is 159 g/mol. The third-order valence-corrected chi connectivity index (χ3v) is 3.91. The Morgan fingerprint density at radius 2 is 2.00 bits per heavy atom. The molecule has 1 atom stereocenters. The van der Waals surface area contributed by atoms with E-state index in [0.29, 0.717) is 5.62 Å². The molecule has 0 aromatic carbocycles. The van der Waals surface area contributed by atoms with Gasteiger partial charge >= 0.3 is 0 Å². The summed E-state index contributed by atoms with van der Waals surface area (Å²) in [6.07, 6.45) is 0. The summed E-state index contributed by atoms with van der Waals surface area (Å²) in [4.78, 5) is 0. The highest BCUT2D eigenvalue weighted by Gasteiger charge is 2.01. The summed E-state index contributed by atoms with van der Waals surface area (Å²) >= 11 is 11.1. The van der Waals surface area contributed by atoms with Gasteiger partial charge < -0.3 is 0 Å². The Morgan fingerprint density at radius 1 is 1.57 bits per heavy atom. The van der Waals surface area contributed by atoms with Crippen LogP contribution in [0, 0.1) is 0 Å². The van der Waals surface area contributed by atoms with Gasteiger partial charge in [-0.25, -0.2) is 0 Å². The van der Waals surface area contributed by atoms with Crippen molar-refractivity contribution in [3.05, 3.63) is 0 Å². The quantitative estimate of drug-likeness (QED) is 0.442. The van der Waals surface area contributed by atoms with Crippen LogP contribution in [0.5, 0.6) is 0 Å². The van der Waals surface area contributed by atoms with Crippen LogP contribution in [0.1, 0.15) is 0 Å². The molecule has 0 rings (SSSR count). The molecule has 0 heterocycles. The zero-order valence-electron chi connectivity index (χ0n) is 4.36. The van der Waals surface area contributed by atoms with Crippen LogP contribution >= 0.6 is 30.3 Å². The highest BCUT2D eigenvalue weighted by molar-refractivity contribution is 7.83. The Morgan fingerprint density at radius 3 is 2.00 bits per heavy atom. The highest BCUT2D eigenvalue weighted by atomic mass is 35.7. The lowest BCUT2D eigenvalue weighted by Gasteiger charge is -2.12. The van der Waals surface area contributed by atoms with Crippen LogP contribution in [0.3, 0.4) is 0 Å². The molecule has 0 aromatic rings. The Balaban J connectivity index is 3.14. The predicted octanol–water partition coefficient (Wildman–Crippen LogP) is 2.29. The van der Waals surface area contributed by atoms with Gasteiger partial charge in [0.25, 0.3) is 0 Å². The first-order chi connectivity index (χ1) is 3.18. The van der Waals surface area contributed by atoms with E-state index in [2.05, 4.69) is 0 Å². The van der Waals surface area contributed by atoms with E-state index in [0.717, 1.165) is 0 Å². The van der Waals surface area contributed by atoms with Gasteiger partial charge in [0, 0.05) is 0 Å². The van der Waals surface area contributed by atoms with Crippen molar-refractivity contribution in [3.63, 3.8) is 0 Å². The number of hydrogen-bond donors (Lipinski definition) is 0. The van der Waals surface area contributed by atoms with Crippen LogP contribution in [-0.2, 0) is 0 Å². The lowest BCUT2D eigenvalue weighted by atomic mass is 11.3. The van der Waals surface area contributed by atoms with E-state index < -0.39 is 7.43 Å². The van der Waals surface area contributed by atoms with Gasteiger partial charge in [0.2, 0.25) is 0 Å². The molecule has 0 aliphatic rings. The first-order valence-corrected chi connectivity index (χ1v) is 4.77. The standard InChI is InChI=1S/C3H8Cl2NP/c1-6(2)7(5)3-4/h3H2,1-2H3. The third kappa shape index (κ3) is 3.54. The van der Waals surface area contributed by atoms with Crippen molar-refractivity contribution in [3.8, 4) is 0 Å². The van der Waals surface area contributed by atoms with Crippen molar-refractivity contribution in [2.75, 3.05) is 19.7 Å². The van der Waals surface area contributed by atoms with E-state index in [1.54, 1.807) is 0 Å². The van der Waals surface area contributed by atoms with Crippen molar-refractivity contribution < 1.29 is 0 Å². The van der Waals surface area contributed by atoms with E-state index in [-0.39, 0.29) is 0 Å². The van der Waals surface area contributed by atoms with Crippen LogP contribution in [0.2, 0.25) is 0 Å². The maximum atomic E-state index is 5.66. The molecule has 0 aromatic heterocycles. The van der Waals surface area contributed by atoms with E-state index in [4.69, 9.17) is 22.8 Å². The second-order valence-electron chi connectivity index (χ2n) is 1.30. The average Bonchev–Trinajstić information content (AvgIpc) is 1.65. The topological polar surface area (TPSA) is 3.24 Å². The number of alkyl halides is 1. The molecule has 0 aliphatic carbocycles. The summed E-state index contributed by atoms with van der Waals surface area (Å²) in [6.45, 7) is 0. The van der Waals surface area contributed by atoms with E-state index in [9.17, 15) is 0 Å². The fourth-order valence-electron chi connectivity index (χ4n) is 0.107. The Labute approximate surface area is 55.2 Å². The Hall–Kier alpha value is 0.970. The molecule has 1 unspecified atom stereocenters. The van der Waals surface area contributed by atoms with Gasteiger partial charge in [-0.2, -0.15) is 0 Å². The first kappa shape index (κ1) is 7.97. The summed E-state index contributed by atoms with van der Waals surface area (Å²) in [5, 5.41) is 0. The minimum Gasteiger partial charge on any atom is -0.275 e. The fourth-order valence-corrected chi connectivity index (χ4v) is 0.962. The molecule has 0 bridgehead atoms. The van der Waals surface area contributed by atoms with Crippen LogP contribution < -0.4 is 0 Å². The smallest absolute Gasteiger partial charge is 0.0773 e. The molecule has 1 nitrogen and oxygen atoms in total. The van der Waals surface area contributed by atoms with E-state index >= 15 is 0 Å². The Bertz CT molecular complexity index is 50.2. The molecular formula is C3H8Cl2NP. The van der Waals surface area contributed by atoms with Crippen LogP contribution in [0.25, 0.3) is 0 Å². The molecule has 0 fully saturated rings.